The van der Waals surface area contributed by atoms with Crippen LogP contribution in [0.25, 0.3) is 0 Å². The number of ether oxygens (including phenoxy) is 2. The Labute approximate surface area is 253 Å². The molecule has 4 fully saturated rings. The van der Waals surface area contributed by atoms with Gasteiger partial charge in [-0.15, -0.1) is 0 Å². The molecule has 5 aliphatic rings. The number of aliphatic hydroxyl groups excluding tert-OH is 2. The van der Waals surface area contributed by atoms with Gasteiger partial charge in [0.25, 0.3) is 11.6 Å². The molecular weight excluding hydrogens is 578 g/mol. The number of morpholine rings is 1. The number of alkyl halides is 2. The molecule has 10 nitrogen and oxygen atoms in total. The van der Waals surface area contributed by atoms with Crippen LogP contribution in [0.3, 0.4) is 0 Å². The highest BCUT2D eigenvalue weighted by atomic mass is 19.1. The van der Waals surface area contributed by atoms with E-state index in [1.54, 1.807) is 18.7 Å². The van der Waals surface area contributed by atoms with Crippen molar-refractivity contribution in [2.75, 3.05) is 26.3 Å². The molecule has 0 bridgehead atoms. The predicted molar refractivity (Wildman–Crippen MR) is 152 cm³/mol. The first-order chi connectivity index (χ1) is 20.7. The highest BCUT2D eigenvalue weighted by Gasteiger charge is 2.78. The number of rotatable bonds is 5. The minimum Gasteiger partial charge on any atom is -0.390 e. The Morgan fingerprint density at radius 3 is 2.61 bits per heavy atom. The minimum atomic E-state index is -2.35. The Morgan fingerprint density at radius 1 is 1.23 bits per heavy atom. The number of nitrogens with zero attached hydrogens (tertiary/aromatic N) is 2. The number of carbonyl (C=O) groups excluding carboxylic acids is 2. The number of aliphatic hydroxyl groups is 2. The fourth-order valence-corrected chi connectivity index (χ4v) is 9.32. The lowest BCUT2D eigenvalue weighted by Gasteiger charge is -2.63. The number of hydrogen-bond donors (Lipinski definition) is 2. The Hall–Kier alpha value is -3.06. The number of benzene rings is 1. The van der Waals surface area contributed by atoms with E-state index in [2.05, 4.69) is 0 Å². The molecule has 44 heavy (non-hydrogen) atoms. The van der Waals surface area contributed by atoms with Gasteiger partial charge in [0, 0.05) is 47.5 Å². The van der Waals surface area contributed by atoms with E-state index in [9.17, 15) is 29.9 Å². The van der Waals surface area contributed by atoms with E-state index < -0.39 is 75.0 Å². The third kappa shape index (κ3) is 4.10. The number of nitro benzene ring substituents is 1. The second-order valence-electron chi connectivity index (χ2n) is 13.5. The molecule has 6 rings (SSSR count). The van der Waals surface area contributed by atoms with Gasteiger partial charge in [0.15, 0.2) is 23.3 Å². The number of nitro groups is 1. The zero-order valence-corrected chi connectivity index (χ0v) is 24.9. The van der Waals surface area contributed by atoms with Gasteiger partial charge in [-0.1, -0.05) is 32.1 Å². The van der Waals surface area contributed by atoms with Gasteiger partial charge in [0.2, 0.25) is 0 Å². The summed E-state index contributed by atoms with van der Waals surface area (Å²) in [5.74, 6) is -3.22. The molecule has 1 saturated heterocycles. The lowest BCUT2D eigenvalue weighted by atomic mass is 9.44. The smallest absolute Gasteiger partial charge is 0.269 e. The first kappa shape index (κ1) is 30.9. The number of ketones is 1. The van der Waals surface area contributed by atoms with Crippen molar-refractivity contribution in [2.24, 2.45) is 28.6 Å². The van der Waals surface area contributed by atoms with E-state index in [1.807, 2.05) is 0 Å². The summed E-state index contributed by atoms with van der Waals surface area (Å²) in [5.41, 5.74) is -7.23. The highest BCUT2D eigenvalue weighted by Crippen LogP contribution is 2.72. The number of halogens is 2. The Kier molecular flexibility index (Phi) is 7.39. The standard InChI is InChI=1S/C32H38F2N2O8/c1-18-13-22-23-16-25(33)24-15-21(37)7-8-29(24,2)31(23,34)26(38)17-30(22,3)32(18,28(40)35-9-11-43-12-10-35)44-27(39)19-5-4-6-20(14-19)36(41)42/h4-8,14-15,18,22-23,25-27,38-39H,9-13,16-17H2,1-3H3/t18-,22+,23+,25+,26+,27?,29+,30+,31+,32+/m1/s1. The van der Waals surface area contributed by atoms with Gasteiger partial charge >= 0.3 is 0 Å². The van der Waals surface area contributed by atoms with E-state index in [1.165, 1.54) is 43.3 Å². The molecule has 0 spiro atoms. The normalized spacial score (nSPS) is 42.2. The summed E-state index contributed by atoms with van der Waals surface area (Å²) in [5, 5.41) is 34.7. The van der Waals surface area contributed by atoms with E-state index in [0.717, 1.165) is 6.08 Å². The molecule has 12 heteroatoms. The zero-order chi connectivity index (χ0) is 31.8. The van der Waals surface area contributed by atoms with Crippen molar-refractivity contribution in [3.05, 3.63) is 63.7 Å². The Morgan fingerprint density at radius 2 is 1.93 bits per heavy atom. The SMILES string of the molecule is C[C@@H]1C[C@H]2[C@@H]3C[C@H](F)C4=CC(=O)C=C[C@]4(C)[C@@]3(F)[C@@H](O)C[C@]2(C)[C@@]1(OC(O)c1cccc([N+](=O)[O-])c1)C(=O)N1CCOCC1. The van der Waals surface area contributed by atoms with E-state index >= 15 is 8.78 Å². The third-order valence-electron chi connectivity index (χ3n) is 11.4. The molecule has 1 unspecified atom stereocenters. The lowest BCUT2D eigenvalue weighted by molar-refractivity contribution is -0.385. The number of fused-ring (bicyclic) bond motifs is 5. The van der Waals surface area contributed by atoms with Crippen molar-refractivity contribution in [3.63, 3.8) is 0 Å². The Balaban J connectivity index is 1.47. The van der Waals surface area contributed by atoms with Gasteiger partial charge in [0.05, 0.1) is 24.2 Å². The molecule has 1 amide bonds. The summed E-state index contributed by atoms with van der Waals surface area (Å²) in [6, 6.07) is 5.29. The van der Waals surface area contributed by atoms with Gasteiger partial charge < -0.3 is 24.6 Å². The second-order valence-corrected chi connectivity index (χ2v) is 13.5. The van der Waals surface area contributed by atoms with Crippen LogP contribution in [0.5, 0.6) is 0 Å². The fourth-order valence-electron chi connectivity index (χ4n) is 9.32. The predicted octanol–water partition coefficient (Wildman–Crippen LogP) is 3.76. The van der Waals surface area contributed by atoms with Crippen LogP contribution in [0, 0.1) is 38.7 Å². The number of carbonyl (C=O) groups is 2. The fraction of sp³-hybridized carbons (Fsp3) is 0.625. The van der Waals surface area contributed by atoms with Crippen molar-refractivity contribution in [1.29, 1.82) is 0 Å². The molecule has 238 valence electrons. The van der Waals surface area contributed by atoms with Gasteiger partial charge in [-0.2, -0.15) is 0 Å². The van der Waals surface area contributed by atoms with Crippen LogP contribution in [0.15, 0.2) is 48.1 Å². The molecule has 1 aromatic carbocycles. The van der Waals surface area contributed by atoms with E-state index in [0.29, 0.717) is 0 Å². The largest absolute Gasteiger partial charge is 0.390 e. The van der Waals surface area contributed by atoms with Crippen molar-refractivity contribution >= 4 is 17.4 Å². The van der Waals surface area contributed by atoms with Gasteiger partial charge in [-0.3, -0.25) is 19.7 Å². The maximum atomic E-state index is 17.7. The molecule has 3 saturated carbocycles. The van der Waals surface area contributed by atoms with Gasteiger partial charge in [0.1, 0.15) is 6.17 Å². The summed E-state index contributed by atoms with van der Waals surface area (Å²) in [6.45, 7) is 6.09. The molecule has 10 atom stereocenters. The number of hydrogen-bond acceptors (Lipinski definition) is 8. The molecular formula is C32H38F2N2O8. The van der Waals surface area contributed by atoms with E-state index in [4.69, 9.17) is 9.47 Å². The van der Waals surface area contributed by atoms with E-state index in [-0.39, 0.29) is 62.4 Å². The van der Waals surface area contributed by atoms with Crippen LogP contribution < -0.4 is 0 Å². The lowest BCUT2D eigenvalue weighted by Crippen LogP contribution is -2.72. The number of allylic oxidation sites excluding steroid dienone is 4. The van der Waals surface area contributed by atoms with Crippen LogP contribution in [-0.2, 0) is 19.1 Å². The monoisotopic (exact) mass is 616 g/mol. The van der Waals surface area contributed by atoms with Crippen LogP contribution in [-0.4, -0.2) is 81.6 Å². The van der Waals surface area contributed by atoms with Crippen molar-refractivity contribution in [1.82, 2.24) is 4.90 Å². The van der Waals surface area contributed by atoms with Crippen molar-refractivity contribution in [2.45, 2.75) is 69.9 Å². The molecule has 0 radical (unpaired) electrons. The molecule has 1 heterocycles. The molecule has 0 aromatic heterocycles. The van der Waals surface area contributed by atoms with Crippen LogP contribution >= 0.6 is 0 Å². The summed E-state index contributed by atoms with van der Waals surface area (Å²) in [4.78, 5) is 39.3. The minimum absolute atomic E-state index is 0.00505. The maximum Gasteiger partial charge on any atom is 0.269 e. The molecule has 4 aliphatic carbocycles. The van der Waals surface area contributed by atoms with Crippen molar-refractivity contribution in [3.8, 4) is 0 Å². The zero-order valence-electron chi connectivity index (χ0n) is 24.9. The van der Waals surface area contributed by atoms with Crippen LogP contribution in [0.1, 0.15) is 51.9 Å². The molecule has 1 aliphatic heterocycles. The van der Waals surface area contributed by atoms with Crippen LogP contribution in [0.2, 0.25) is 0 Å². The summed E-state index contributed by atoms with van der Waals surface area (Å²) in [7, 11) is 0. The average molecular weight is 617 g/mol. The molecule has 1 aromatic rings. The topological polar surface area (TPSA) is 139 Å². The summed E-state index contributed by atoms with van der Waals surface area (Å²) >= 11 is 0. The highest BCUT2D eigenvalue weighted by molar-refractivity contribution is 6.01. The number of non-ortho nitro benzene ring substituents is 1. The quantitative estimate of drug-likeness (QED) is 0.290. The first-order valence-corrected chi connectivity index (χ1v) is 15.1. The molecule has 2 N–H and O–H groups in total. The average Bonchev–Trinajstić information content (AvgIpc) is 3.21. The third-order valence-corrected chi connectivity index (χ3v) is 11.4. The van der Waals surface area contributed by atoms with Crippen LogP contribution in [0.4, 0.5) is 14.5 Å². The van der Waals surface area contributed by atoms with Crippen molar-refractivity contribution < 1.29 is 43.0 Å². The van der Waals surface area contributed by atoms with Gasteiger partial charge in [-0.25, -0.2) is 8.78 Å². The van der Waals surface area contributed by atoms with Gasteiger partial charge in [-0.05, 0) is 55.7 Å². The number of amides is 1. The summed E-state index contributed by atoms with van der Waals surface area (Å²) < 4.78 is 45.6. The second kappa shape index (κ2) is 10.5. The first-order valence-electron chi connectivity index (χ1n) is 15.1. The maximum absolute atomic E-state index is 17.7. The summed E-state index contributed by atoms with van der Waals surface area (Å²) in [6.07, 6.45) is -1.68. The Bertz CT molecular complexity index is 1450.